The first-order valence-electron chi connectivity index (χ1n) is 13.6. The standard InChI is InChI=1S/C24H50O.C3H9N.ClH/c1-3-5-7-9-11-13-15-17-19-21-23-25-24-22-20-18-16-14-12-10-8-6-4-2;1-2-3-4;/h3-24H2,1-2H3;2-4H2,1H3;1H. The molecule has 0 aromatic rings. The summed E-state index contributed by atoms with van der Waals surface area (Å²) in [7, 11) is 0. The summed E-state index contributed by atoms with van der Waals surface area (Å²) in [5, 5.41) is 0. The van der Waals surface area contributed by atoms with Crippen LogP contribution in [0.2, 0.25) is 0 Å². The molecule has 0 heterocycles. The van der Waals surface area contributed by atoms with E-state index in [2.05, 4.69) is 20.8 Å². The maximum atomic E-state index is 5.78. The van der Waals surface area contributed by atoms with E-state index in [0.29, 0.717) is 0 Å². The average molecular weight is 450 g/mol. The Bertz CT molecular complexity index is 227. The fraction of sp³-hybridized carbons (Fsp3) is 1.00. The number of ether oxygens (including phenoxy) is 1. The second kappa shape index (κ2) is 36.6. The molecule has 0 fully saturated rings. The zero-order valence-electron chi connectivity index (χ0n) is 21.4. The van der Waals surface area contributed by atoms with Crippen LogP contribution in [0.25, 0.3) is 0 Å². The van der Waals surface area contributed by atoms with Gasteiger partial charge >= 0.3 is 0 Å². The Hall–Kier alpha value is 0.210. The molecule has 0 bridgehead atoms. The SMILES string of the molecule is CCCCCCCCCCCCOCCCCCCCCCCCC.CCCN.Cl. The number of unbranched alkanes of at least 4 members (excludes halogenated alkanes) is 18. The van der Waals surface area contributed by atoms with Crippen molar-refractivity contribution in [3.05, 3.63) is 0 Å². The van der Waals surface area contributed by atoms with E-state index in [0.717, 1.165) is 26.2 Å². The van der Waals surface area contributed by atoms with Crippen molar-refractivity contribution in [2.45, 2.75) is 156 Å². The molecule has 0 aromatic heterocycles. The van der Waals surface area contributed by atoms with Crippen LogP contribution in [-0.2, 0) is 4.74 Å². The second-order valence-electron chi connectivity index (χ2n) is 8.77. The molecule has 186 valence electrons. The quantitative estimate of drug-likeness (QED) is 0.157. The van der Waals surface area contributed by atoms with Crippen LogP contribution in [0.5, 0.6) is 0 Å². The van der Waals surface area contributed by atoms with Crippen LogP contribution < -0.4 is 5.73 Å². The minimum absolute atomic E-state index is 0. The molecule has 2 N–H and O–H groups in total. The molecular weight excluding hydrogens is 390 g/mol. The number of halogens is 1. The van der Waals surface area contributed by atoms with Crippen LogP contribution in [0, 0.1) is 0 Å². The van der Waals surface area contributed by atoms with Crippen LogP contribution in [0.3, 0.4) is 0 Å². The van der Waals surface area contributed by atoms with Crippen molar-refractivity contribution in [1.29, 1.82) is 0 Å². The Balaban J connectivity index is -0.00000133. The summed E-state index contributed by atoms with van der Waals surface area (Å²) in [6.07, 6.45) is 29.3. The predicted octanol–water partition coefficient (Wildman–Crippen LogP) is 9.62. The summed E-state index contributed by atoms with van der Waals surface area (Å²) in [5.74, 6) is 0. The first kappa shape index (κ1) is 34.8. The largest absolute Gasteiger partial charge is 0.381 e. The maximum Gasteiger partial charge on any atom is 0.0466 e. The Kier molecular flexibility index (Phi) is 42.4. The van der Waals surface area contributed by atoms with Crippen molar-refractivity contribution in [2.24, 2.45) is 5.73 Å². The van der Waals surface area contributed by atoms with E-state index in [-0.39, 0.29) is 12.4 Å². The van der Waals surface area contributed by atoms with Crippen molar-refractivity contribution in [3.8, 4) is 0 Å². The molecule has 0 saturated heterocycles. The topological polar surface area (TPSA) is 35.2 Å². The summed E-state index contributed by atoms with van der Waals surface area (Å²) in [4.78, 5) is 0. The zero-order chi connectivity index (χ0) is 21.7. The molecule has 0 aromatic carbocycles. The fourth-order valence-electron chi connectivity index (χ4n) is 3.49. The normalized spacial score (nSPS) is 10.4. The Morgan fingerprint density at radius 1 is 0.400 bits per heavy atom. The van der Waals surface area contributed by atoms with Crippen LogP contribution in [-0.4, -0.2) is 19.8 Å². The van der Waals surface area contributed by atoms with Gasteiger partial charge in [-0.25, -0.2) is 0 Å². The van der Waals surface area contributed by atoms with E-state index in [1.807, 2.05) is 0 Å². The molecular formula is C27H60ClNO. The van der Waals surface area contributed by atoms with Gasteiger partial charge in [0.25, 0.3) is 0 Å². The van der Waals surface area contributed by atoms with E-state index in [1.54, 1.807) is 0 Å². The number of nitrogens with two attached hydrogens (primary N) is 1. The molecule has 0 aliphatic carbocycles. The zero-order valence-corrected chi connectivity index (χ0v) is 22.2. The minimum Gasteiger partial charge on any atom is -0.381 e. The van der Waals surface area contributed by atoms with Gasteiger partial charge in [-0.05, 0) is 25.8 Å². The van der Waals surface area contributed by atoms with Gasteiger partial charge in [0.2, 0.25) is 0 Å². The first-order valence-corrected chi connectivity index (χ1v) is 13.6. The molecule has 3 heteroatoms. The van der Waals surface area contributed by atoms with Crippen LogP contribution in [0.4, 0.5) is 0 Å². The average Bonchev–Trinajstić information content (AvgIpc) is 2.75. The highest BCUT2D eigenvalue weighted by molar-refractivity contribution is 5.85. The summed E-state index contributed by atoms with van der Waals surface area (Å²) < 4.78 is 5.78. The molecule has 0 saturated carbocycles. The number of hydrogen-bond acceptors (Lipinski definition) is 2. The van der Waals surface area contributed by atoms with Crippen molar-refractivity contribution in [2.75, 3.05) is 19.8 Å². The van der Waals surface area contributed by atoms with E-state index in [1.165, 1.54) is 128 Å². The monoisotopic (exact) mass is 449 g/mol. The molecule has 0 rings (SSSR count). The highest BCUT2D eigenvalue weighted by Gasteiger charge is 1.95. The van der Waals surface area contributed by atoms with E-state index in [4.69, 9.17) is 10.5 Å². The van der Waals surface area contributed by atoms with E-state index in [9.17, 15) is 0 Å². The first-order chi connectivity index (χ1) is 14.3. The summed E-state index contributed by atoms with van der Waals surface area (Å²) in [5.41, 5.74) is 5.03. The molecule has 30 heavy (non-hydrogen) atoms. The van der Waals surface area contributed by atoms with Crippen LogP contribution in [0.15, 0.2) is 0 Å². The van der Waals surface area contributed by atoms with Gasteiger partial charge in [-0.3, -0.25) is 0 Å². The lowest BCUT2D eigenvalue weighted by molar-refractivity contribution is 0.125. The number of hydrogen-bond donors (Lipinski definition) is 1. The lowest BCUT2D eigenvalue weighted by Gasteiger charge is -2.05. The maximum absolute atomic E-state index is 5.78. The third-order valence-corrected chi connectivity index (χ3v) is 5.57. The van der Waals surface area contributed by atoms with Crippen molar-refractivity contribution < 1.29 is 4.74 Å². The second-order valence-corrected chi connectivity index (χ2v) is 8.77. The van der Waals surface area contributed by atoms with Gasteiger partial charge < -0.3 is 10.5 Å². The van der Waals surface area contributed by atoms with Crippen molar-refractivity contribution >= 4 is 12.4 Å². The smallest absolute Gasteiger partial charge is 0.0466 e. The third-order valence-electron chi connectivity index (χ3n) is 5.57. The van der Waals surface area contributed by atoms with Gasteiger partial charge in [-0.1, -0.05) is 136 Å². The van der Waals surface area contributed by atoms with Crippen LogP contribution in [0.1, 0.15) is 156 Å². The van der Waals surface area contributed by atoms with E-state index >= 15 is 0 Å². The lowest BCUT2D eigenvalue weighted by atomic mass is 10.1. The molecule has 0 amide bonds. The highest BCUT2D eigenvalue weighted by atomic mass is 35.5. The van der Waals surface area contributed by atoms with Crippen molar-refractivity contribution in [1.82, 2.24) is 0 Å². The van der Waals surface area contributed by atoms with Gasteiger partial charge in [0.05, 0.1) is 0 Å². The Morgan fingerprint density at radius 2 is 0.633 bits per heavy atom. The van der Waals surface area contributed by atoms with Gasteiger partial charge in [0, 0.05) is 13.2 Å². The Labute approximate surface area is 198 Å². The third kappa shape index (κ3) is 38.8. The van der Waals surface area contributed by atoms with Gasteiger partial charge in [0.1, 0.15) is 0 Å². The van der Waals surface area contributed by atoms with Gasteiger partial charge in [-0.2, -0.15) is 0 Å². The lowest BCUT2D eigenvalue weighted by Crippen LogP contribution is -1.97. The predicted molar refractivity (Wildman–Crippen MR) is 141 cm³/mol. The summed E-state index contributed by atoms with van der Waals surface area (Å²) in [6.45, 7) is 9.44. The minimum atomic E-state index is 0. The number of rotatable bonds is 23. The van der Waals surface area contributed by atoms with Gasteiger partial charge in [-0.15, -0.1) is 12.4 Å². The Morgan fingerprint density at radius 3 is 0.867 bits per heavy atom. The molecule has 0 atom stereocenters. The molecule has 0 spiro atoms. The van der Waals surface area contributed by atoms with Crippen molar-refractivity contribution in [3.63, 3.8) is 0 Å². The highest BCUT2D eigenvalue weighted by Crippen LogP contribution is 2.12. The summed E-state index contributed by atoms with van der Waals surface area (Å²) >= 11 is 0. The fourth-order valence-corrected chi connectivity index (χ4v) is 3.49. The molecule has 0 aliphatic heterocycles. The summed E-state index contributed by atoms with van der Waals surface area (Å²) in [6, 6.07) is 0. The van der Waals surface area contributed by atoms with E-state index < -0.39 is 0 Å². The van der Waals surface area contributed by atoms with Crippen LogP contribution >= 0.6 is 12.4 Å². The molecule has 0 aliphatic rings. The molecule has 0 radical (unpaired) electrons. The molecule has 0 unspecified atom stereocenters. The van der Waals surface area contributed by atoms with Gasteiger partial charge in [0.15, 0.2) is 0 Å². The molecule has 2 nitrogen and oxygen atoms in total.